The number of amides is 1. The standard InChI is InChI=1S/C13H16N2O/c1-4-6-11(14)13(16)15-12-8-5-7-9(2)10(12)3/h1,5,7-8,11H,6,14H2,2-3H3,(H,15,16). The second kappa shape index (κ2) is 5.34. The Balaban J connectivity index is 2.78. The maximum absolute atomic E-state index is 11.6. The van der Waals surface area contributed by atoms with Crippen molar-refractivity contribution in [1.29, 1.82) is 0 Å². The molecule has 1 aromatic carbocycles. The lowest BCUT2D eigenvalue weighted by atomic mass is 10.1. The van der Waals surface area contributed by atoms with Gasteiger partial charge in [-0.2, -0.15) is 0 Å². The van der Waals surface area contributed by atoms with Crippen LogP contribution in [0.4, 0.5) is 5.69 Å². The average molecular weight is 216 g/mol. The molecule has 0 saturated carbocycles. The Morgan fingerprint density at radius 1 is 1.56 bits per heavy atom. The van der Waals surface area contributed by atoms with Crippen LogP contribution in [0.5, 0.6) is 0 Å². The van der Waals surface area contributed by atoms with E-state index < -0.39 is 6.04 Å². The van der Waals surface area contributed by atoms with Gasteiger partial charge in [-0.05, 0) is 31.0 Å². The van der Waals surface area contributed by atoms with Crippen molar-refractivity contribution < 1.29 is 4.79 Å². The topological polar surface area (TPSA) is 55.1 Å². The van der Waals surface area contributed by atoms with Crippen LogP contribution in [-0.2, 0) is 4.79 Å². The summed E-state index contributed by atoms with van der Waals surface area (Å²) in [4.78, 5) is 11.6. The normalized spacial score (nSPS) is 11.6. The second-order valence-electron chi connectivity index (χ2n) is 3.75. The predicted octanol–water partition coefficient (Wildman–Crippen LogP) is 1.59. The first kappa shape index (κ1) is 12.3. The highest BCUT2D eigenvalue weighted by molar-refractivity contribution is 5.95. The van der Waals surface area contributed by atoms with Gasteiger partial charge < -0.3 is 11.1 Å². The molecule has 0 heterocycles. The molecule has 0 aliphatic carbocycles. The van der Waals surface area contributed by atoms with E-state index in [4.69, 9.17) is 12.2 Å². The smallest absolute Gasteiger partial charge is 0.242 e. The summed E-state index contributed by atoms with van der Waals surface area (Å²) in [6, 6.07) is 5.09. The Labute approximate surface area is 96.0 Å². The minimum Gasteiger partial charge on any atom is -0.324 e. The number of carbonyl (C=O) groups excluding carboxylic acids is 1. The highest BCUT2D eigenvalue weighted by Gasteiger charge is 2.13. The molecule has 1 amide bonds. The largest absolute Gasteiger partial charge is 0.324 e. The lowest BCUT2D eigenvalue weighted by molar-refractivity contribution is -0.117. The summed E-state index contributed by atoms with van der Waals surface area (Å²) in [5.74, 6) is 2.13. The molecule has 3 heteroatoms. The number of hydrogen-bond donors (Lipinski definition) is 2. The van der Waals surface area contributed by atoms with Crippen LogP contribution in [0.25, 0.3) is 0 Å². The summed E-state index contributed by atoms with van der Waals surface area (Å²) < 4.78 is 0. The number of nitrogens with two attached hydrogens (primary N) is 1. The fraction of sp³-hybridized carbons (Fsp3) is 0.308. The summed E-state index contributed by atoms with van der Waals surface area (Å²) in [5, 5.41) is 2.78. The van der Waals surface area contributed by atoms with Crippen molar-refractivity contribution in [1.82, 2.24) is 0 Å². The minimum absolute atomic E-state index is 0.244. The van der Waals surface area contributed by atoms with Crippen molar-refractivity contribution in [3.05, 3.63) is 29.3 Å². The van der Waals surface area contributed by atoms with E-state index in [-0.39, 0.29) is 12.3 Å². The van der Waals surface area contributed by atoms with Gasteiger partial charge in [0.25, 0.3) is 0 Å². The van der Waals surface area contributed by atoms with E-state index in [2.05, 4.69) is 11.2 Å². The van der Waals surface area contributed by atoms with Gasteiger partial charge in [0.1, 0.15) is 0 Å². The first-order valence-corrected chi connectivity index (χ1v) is 5.12. The Kier molecular flexibility index (Phi) is 4.10. The van der Waals surface area contributed by atoms with Gasteiger partial charge in [0, 0.05) is 12.1 Å². The fourth-order valence-corrected chi connectivity index (χ4v) is 1.33. The van der Waals surface area contributed by atoms with Gasteiger partial charge >= 0.3 is 0 Å². The molecule has 1 rings (SSSR count). The van der Waals surface area contributed by atoms with Crippen molar-refractivity contribution in [3.8, 4) is 12.3 Å². The molecule has 84 valence electrons. The summed E-state index contributed by atoms with van der Waals surface area (Å²) in [7, 11) is 0. The SMILES string of the molecule is C#CCC(N)C(=O)Nc1cccc(C)c1C. The summed E-state index contributed by atoms with van der Waals surface area (Å²) in [6.07, 6.45) is 5.35. The molecule has 0 aromatic heterocycles. The minimum atomic E-state index is -0.648. The van der Waals surface area contributed by atoms with E-state index in [1.807, 2.05) is 32.0 Å². The lowest BCUT2D eigenvalue weighted by Crippen LogP contribution is -2.35. The molecule has 1 atom stereocenters. The maximum atomic E-state index is 11.6. The van der Waals surface area contributed by atoms with E-state index in [1.165, 1.54) is 0 Å². The molecule has 0 fully saturated rings. The first-order chi connectivity index (χ1) is 7.56. The fourth-order valence-electron chi connectivity index (χ4n) is 1.33. The summed E-state index contributed by atoms with van der Waals surface area (Å²) in [6.45, 7) is 3.95. The van der Waals surface area contributed by atoms with Crippen LogP contribution in [0.2, 0.25) is 0 Å². The zero-order valence-corrected chi connectivity index (χ0v) is 9.58. The third-order valence-electron chi connectivity index (χ3n) is 2.54. The van der Waals surface area contributed by atoms with Crippen LogP contribution in [-0.4, -0.2) is 11.9 Å². The van der Waals surface area contributed by atoms with Gasteiger partial charge in [-0.3, -0.25) is 4.79 Å². The molecular weight excluding hydrogens is 200 g/mol. The lowest BCUT2D eigenvalue weighted by Gasteiger charge is -2.13. The molecular formula is C13H16N2O. The molecule has 0 aliphatic heterocycles. The van der Waals surface area contributed by atoms with Crippen molar-refractivity contribution in [2.45, 2.75) is 26.3 Å². The van der Waals surface area contributed by atoms with E-state index in [0.717, 1.165) is 16.8 Å². The molecule has 0 radical (unpaired) electrons. The predicted molar refractivity (Wildman–Crippen MR) is 66.0 cm³/mol. The number of hydrogen-bond acceptors (Lipinski definition) is 2. The van der Waals surface area contributed by atoms with Gasteiger partial charge in [-0.15, -0.1) is 12.3 Å². The Bertz CT molecular complexity index is 432. The molecule has 1 unspecified atom stereocenters. The average Bonchev–Trinajstić information content (AvgIpc) is 2.25. The quantitative estimate of drug-likeness (QED) is 0.754. The third kappa shape index (κ3) is 2.85. The third-order valence-corrected chi connectivity index (χ3v) is 2.54. The van der Waals surface area contributed by atoms with Crippen molar-refractivity contribution >= 4 is 11.6 Å². The second-order valence-corrected chi connectivity index (χ2v) is 3.75. The van der Waals surface area contributed by atoms with Crippen molar-refractivity contribution in [2.75, 3.05) is 5.32 Å². The molecule has 1 aromatic rings. The Hall–Kier alpha value is -1.79. The van der Waals surface area contributed by atoms with Gasteiger partial charge in [0.2, 0.25) is 5.91 Å². The number of carbonyl (C=O) groups is 1. The number of terminal acetylenes is 1. The molecule has 3 nitrogen and oxygen atoms in total. The van der Waals surface area contributed by atoms with Crippen molar-refractivity contribution in [2.24, 2.45) is 5.73 Å². The number of nitrogens with one attached hydrogen (secondary N) is 1. The van der Waals surface area contributed by atoms with Gasteiger partial charge in [0.15, 0.2) is 0 Å². The Morgan fingerprint density at radius 2 is 2.25 bits per heavy atom. The zero-order chi connectivity index (χ0) is 12.1. The summed E-state index contributed by atoms with van der Waals surface area (Å²) in [5.41, 5.74) is 8.57. The summed E-state index contributed by atoms with van der Waals surface area (Å²) >= 11 is 0. The van der Waals surface area contributed by atoms with Crippen LogP contribution >= 0.6 is 0 Å². The number of anilines is 1. The van der Waals surface area contributed by atoms with Gasteiger partial charge in [-0.1, -0.05) is 12.1 Å². The first-order valence-electron chi connectivity index (χ1n) is 5.12. The molecule has 0 bridgehead atoms. The van der Waals surface area contributed by atoms with Crippen LogP contribution in [0.3, 0.4) is 0 Å². The van der Waals surface area contributed by atoms with E-state index in [0.29, 0.717) is 0 Å². The Morgan fingerprint density at radius 3 is 2.88 bits per heavy atom. The van der Waals surface area contributed by atoms with Gasteiger partial charge in [0.05, 0.1) is 6.04 Å². The molecule has 0 saturated heterocycles. The van der Waals surface area contributed by atoms with Crippen LogP contribution < -0.4 is 11.1 Å². The zero-order valence-electron chi connectivity index (χ0n) is 9.58. The van der Waals surface area contributed by atoms with E-state index in [9.17, 15) is 4.79 Å². The number of rotatable bonds is 3. The molecule has 0 spiro atoms. The number of aryl methyl sites for hydroxylation is 1. The molecule has 3 N–H and O–H groups in total. The molecule has 16 heavy (non-hydrogen) atoms. The van der Waals surface area contributed by atoms with E-state index >= 15 is 0 Å². The van der Waals surface area contributed by atoms with Crippen LogP contribution in [0, 0.1) is 26.2 Å². The molecule has 0 aliphatic rings. The highest BCUT2D eigenvalue weighted by Crippen LogP contribution is 2.17. The highest BCUT2D eigenvalue weighted by atomic mass is 16.2. The monoisotopic (exact) mass is 216 g/mol. The van der Waals surface area contributed by atoms with Crippen LogP contribution in [0.15, 0.2) is 18.2 Å². The number of benzene rings is 1. The van der Waals surface area contributed by atoms with Crippen LogP contribution in [0.1, 0.15) is 17.5 Å². The van der Waals surface area contributed by atoms with Gasteiger partial charge in [-0.25, -0.2) is 0 Å². The van der Waals surface area contributed by atoms with Crippen molar-refractivity contribution in [3.63, 3.8) is 0 Å². The van der Waals surface area contributed by atoms with E-state index in [1.54, 1.807) is 0 Å². The maximum Gasteiger partial charge on any atom is 0.242 e.